The predicted octanol–water partition coefficient (Wildman–Crippen LogP) is 2.63. The Labute approximate surface area is 144 Å². The first-order chi connectivity index (χ1) is 11.9. The van der Waals surface area contributed by atoms with Crippen molar-refractivity contribution in [2.24, 2.45) is 5.92 Å². The molecule has 0 saturated heterocycles. The van der Waals surface area contributed by atoms with Gasteiger partial charge in [-0.25, -0.2) is 9.50 Å². The van der Waals surface area contributed by atoms with E-state index in [1.54, 1.807) is 6.08 Å². The summed E-state index contributed by atoms with van der Waals surface area (Å²) in [6.45, 7) is 0.408. The van der Waals surface area contributed by atoms with Gasteiger partial charge in [-0.3, -0.25) is 4.79 Å². The lowest BCUT2D eigenvalue weighted by Crippen LogP contribution is -2.28. The van der Waals surface area contributed by atoms with Gasteiger partial charge in [-0.15, -0.1) is 0 Å². The van der Waals surface area contributed by atoms with Crippen LogP contribution in [0.3, 0.4) is 0 Å². The number of fused-ring (bicyclic) bond motifs is 1. The molecule has 0 N–H and O–H groups in total. The lowest BCUT2D eigenvalue weighted by molar-refractivity contribution is -0.142. The molecule has 1 aliphatic heterocycles. The lowest BCUT2D eigenvalue weighted by atomic mass is 10.2. The normalized spacial score (nSPS) is 18.5. The second kappa shape index (κ2) is 5.80. The molecule has 0 atom stereocenters. The maximum Gasteiger partial charge on any atom is 0.435 e. The van der Waals surface area contributed by atoms with Crippen molar-refractivity contribution in [3.8, 4) is 0 Å². The number of halogens is 3. The van der Waals surface area contributed by atoms with Gasteiger partial charge in [0.1, 0.15) is 5.01 Å². The average Bonchev–Trinajstić information content (AvgIpc) is 3.08. The number of hydrogen-bond acceptors (Lipinski definition) is 5. The number of methoxy groups -OCH3 is 1. The minimum absolute atomic E-state index is 0.111. The van der Waals surface area contributed by atoms with Gasteiger partial charge in [-0.05, 0) is 24.3 Å². The van der Waals surface area contributed by atoms with Crippen molar-refractivity contribution in [2.45, 2.75) is 32.2 Å². The smallest absolute Gasteiger partial charge is 0.377 e. The number of imidazole rings is 1. The zero-order valence-electron chi connectivity index (χ0n) is 13.3. The fourth-order valence-electron chi connectivity index (χ4n) is 2.99. The Morgan fingerprint density at radius 3 is 2.80 bits per heavy atom. The summed E-state index contributed by atoms with van der Waals surface area (Å²) in [5, 5.41) is 4.69. The second-order valence-electron chi connectivity index (χ2n) is 6.22. The van der Waals surface area contributed by atoms with E-state index in [-0.39, 0.29) is 29.7 Å². The first-order valence-corrected chi connectivity index (χ1v) is 8.61. The van der Waals surface area contributed by atoms with Crippen molar-refractivity contribution in [1.82, 2.24) is 19.5 Å². The first-order valence-electron chi connectivity index (χ1n) is 7.79. The van der Waals surface area contributed by atoms with Gasteiger partial charge >= 0.3 is 6.18 Å². The molecule has 0 aromatic carbocycles. The van der Waals surface area contributed by atoms with Crippen LogP contribution in [0.25, 0.3) is 4.96 Å². The Hall–Kier alpha value is -1.94. The van der Waals surface area contributed by atoms with Crippen molar-refractivity contribution >= 4 is 22.2 Å². The van der Waals surface area contributed by atoms with Crippen LogP contribution >= 0.6 is 11.3 Å². The highest BCUT2D eigenvalue weighted by Crippen LogP contribution is 2.39. The fourth-order valence-corrected chi connectivity index (χ4v) is 3.87. The highest BCUT2D eigenvalue weighted by atomic mass is 32.1. The van der Waals surface area contributed by atoms with Crippen LogP contribution in [0.5, 0.6) is 0 Å². The Morgan fingerprint density at radius 1 is 1.40 bits per heavy atom. The summed E-state index contributed by atoms with van der Waals surface area (Å²) < 4.78 is 46.2. The number of rotatable bonds is 5. The van der Waals surface area contributed by atoms with Crippen LogP contribution in [0.15, 0.2) is 11.6 Å². The third-order valence-corrected chi connectivity index (χ3v) is 5.19. The molecular formula is C15H15F3N4O2S. The van der Waals surface area contributed by atoms with E-state index in [0.29, 0.717) is 17.5 Å². The van der Waals surface area contributed by atoms with Crippen LogP contribution in [0.4, 0.5) is 13.2 Å². The van der Waals surface area contributed by atoms with Crippen molar-refractivity contribution in [1.29, 1.82) is 0 Å². The van der Waals surface area contributed by atoms with Crippen LogP contribution in [0.2, 0.25) is 0 Å². The van der Waals surface area contributed by atoms with Gasteiger partial charge in [0, 0.05) is 19.7 Å². The Morgan fingerprint density at radius 2 is 2.16 bits per heavy atom. The number of aromatic nitrogens is 3. The SMILES string of the molecule is COCc1nn2c(CN3CC(C4CC4)=CC3=O)c(C(F)(F)F)nc2s1. The zero-order valence-corrected chi connectivity index (χ0v) is 14.2. The summed E-state index contributed by atoms with van der Waals surface area (Å²) in [7, 11) is 1.49. The summed E-state index contributed by atoms with van der Waals surface area (Å²) in [5.41, 5.74) is -0.0829. The van der Waals surface area contributed by atoms with Crippen molar-refractivity contribution in [3.05, 3.63) is 28.0 Å². The molecule has 25 heavy (non-hydrogen) atoms. The molecule has 0 bridgehead atoms. The van der Waals surface area contributed by atoms with Gasteiger partial charge < -0.3 is 9.64 Å². The van der Waals surface area contributed by atoms with E-state index in [0.717, 1.165) is 29.8 Å². The van der Waals surface area contributed by atoms with Crippen LogP contribution in [-0.4, -0.2) is 39.1 Å². The quantitative estimate of drug-likeness (QED) is 0.810. The maximum atomic E-state index is 13.4. The van der Waals surface area contributed by atoms with Gasteiger partial charge in [-0.1, -0.05) is 11.3 Å². The molecule has 3 heterocycles. The molecule has 2 aliphatic rings. The van der Waals surface area contributed by atoms with Crippen molar-refractivity contribution < 1.29 is 22.7 Å². The topological polar surface area (TPSA) is 59.7 Å². The number of ether oxygens (including phenoxy) is 1. The minimum Gasteiger partial charge on any atom is -0.377 e. The van der Waals surface area contributed by atoms with Gasteiger partial charge in [-0.2, -0.15) is 18.3 Å². The monoisotopic (exact) mass is 372 g/mol. The highest BCUT2D eigenvalue weighted by molar-refractivity contribution is 7.16. The largest absolute Gasteiger partial charge is 0.435 e. The average molecular weight is 372 g/mol. The first kappa shape index (κ1) is 16.5. The van der Waals surface area contributed by atoms with E-state index in [1.165, 1.54) is 16.5 Å². The molecule has 6 nitrogen and oxygen atoms in total. The van der Waals surface area contributed by atoms with Gasteiger partial charge in [0.05, 0.1) is 18.8 Å². The molecule has 0 radical (unpaired) electrons. The fraction of sp³-hybridized carbons (Fsp3) is 0.533. The highest BCUT2D eigenvalue weighted by Gasteiger charge is 2.40. The van der Waals surface area contributed by atoms with E-state index >= 15 is 0 Å². The van der Waals surface area contributed by atoms with E-state index in [2.05, 4.69) is 10.1 Å². The summed E-state index contributed by atoms with van der Waals surface area (Å²) in [6.07, 6.45) is -0.950. The summed E-state index contributed by atoms with van der Waals surface area (Å²) in [5.74, 6) is 0.159. The molecule has 4 rings (SSSR count). The molecule has 2 aromatic heterocycles. The standard InChI is InChI=1S/C15H15F3N4O2S/c1-24-7-11-20-22-10(13(15(16,17)18)19-14(22)25-11)6-21-5-9(4-12(21)23)8-2-3-8/h4,8H,2-3,5-7H2,1H3. The molecule has 1 saturated carbocycles. The van der Waals surface area contributed by atoms with Crippen molar-refractivity contribution in [2.75, 3.05) is 13.7 Å². The van der Waals surface area contributed by atoms with Crippen LogP contribution in [0, 0.1) is 5.92 Å². The predicted molar refractivity (Wildman–Crippen MR) is 82.8 cm³/mol. The van der Waals surface area contributed by atoms with Gasteiger partial charge in [0.25, 0.3) is 0 Å². The zero-order chi connectivity index (χ0) is 17.8. The Kier molecular flexibility index (Phi) is 3.84. The number of nitrogens with zero attached hydrogens (tertiary/aromatic N) is 4. The molecular weight excluding hydrogens is 357 g/mol. The number of alkyl halides is 3. The van der Waals surface area contributed by atoms with Crippen molar-refractivity contribution in [3.63, 3.8) is 0 Å². The number of amides is 1. The number of carbonyl (C=O) groups is 1. The number of carbonyl (C=O) groups excluding carboxylic acids is 1. The second-order valence-corrected chi connectivity index (χ2v) is 7.26. The molecule has 2 aromatic rings. The summed E-state index contributed by atoms with van der Waals surface area (Å²) >= 11 is 1.05. The number of hydrogen-bond donors (Lipinski definition) is 0. The Bertz CT molecular complexity index is 866. The van der Waals surface area contributed by atoms with E-state index in [4.69, 9.17) is 4.74 Å². The van der Waals surface area contributed by atoms with E-state index < -0.39 is 11.9 Å². The Balaban J connectivity index is 1.67. The third-order valence-electron chi connectivity index (χ3n) is 4.31. The van der Waals surface area contributed by atoms with E-state index in [9.17, 15) is 18.0 Å². The maximum absolute atomic E-state index is 13.4. The lowest BCUT2D eigenvalue weighted by Gasteiger charge is -2.17. The molecule has 134 valence electrons. The molecule has 0 spiro atoms. The van der Waals surface area contributed by atoms with Gasteiger partial charge in [0.15, 0.2) is 5.69 Å². The van der Waals surface area contributed by atoms with E-state index in [1.807, 2.05) is 0 Å². The van der Waals surface area contributed by atoms with Crippen LogP contribution in [0.1, 0.15) is 29.2 Å². The summed E-state index contributed by atoms with van der Waals surface area (Å²) in [6, 6.07) is 0. The molecule has 1 aliphatic carbocycles. The third kappa shape index (κ3) is 3.04. The van der Waals surface area contributed by atoms with Crippen LogP contribution < -0.4 is 0 Å². The molecule has 10 heteroatoms. The van der Waals surface area contributed by atoms with Gasteiger partial charge in [0.2, 0.25) is 10.9 Å². The van der Waals surface area contributed by atoms with Crippen LogP contribution in [-0.2, 0) is 28.9 Å². The molecule has 0 unspecified atom stereocenters. The minimum atomic E-state index is -4.60. The molecule has 1 amide bonds. The summed E-state index contributed by atoms with van der Waals surface area (Å²) in [4.78, 5) is 17.4. The molecule has 1 fully saturated rings.